The van der Waals surface area contributed by atoms with E-state index in [0.29, 0.717) is 25.6 Å². The van der Waals surface area contributed by atoms with Gasteiger partial charge in [-0.25, -0.2) is 9.38 Å². The van der Waals surface area contributed by atoms with Crippen molar-refractivity contribution >= 4 is 47.2 Å². The highest BCUT2D eigenvalue weighted by Crippen LogP contribution is 2.24. The molecule has 1 amide bonds. The zero-order valence-electron chi connectivity index (χ0n) is 17.2. The third-order valence-corrected chi connectivity index (χ3v) is 5.62. The standard InChI is InChI=1S/C21H27FN4O2S.HI/c1-3-23-21(24-12-15(2)28-18-7-5-4-6-17(18)22)25-13-20(27)26-10-8-19-16(14-26)9-11-29-19;/h4-7,9,11,15H,3,8,10,12-14H2,1-2H3,(H2,23,24,25);1H. The fourth-order valence-corrected chi connectivity index (χ4v) is 3.98. The molecule has 0 fully saturated rings. The largest absolute Gasteiger partial charge is 0.486 e. The van der Waals surface area contributed by atoms with E-state index in [0.717, 1.165) is 13.0 Å². The lowest BCUT2D eigenvalue weighted by Gasteiger charge is -2.26. The van der Waals surface area contributed by atoms with Crippen molar-refractivity contribution in [2.75, 3.05) is 26.2 Å². The van der Waals surface area contributed by atoms with Crippen LogP contribution in [0.15, 0.2) is 40.7 Å². The van der Waals surface area contributed by atoms with Crippen LogP contribution in [0.4, 0.5) is 4.39 Å². The van der Waals surface area contributed by atoms with E-state index in [4.69, 9.17) is 4.74 Å². The molecule has 2 heterocycles. The number of benzene rings is 1. The van der Waals surface area contributed by atoms with Crippen molar-refractivity contribution in [3.05, 3.63) is 52.0 Å². The van der Waals surface area contributed by atoms with Gasteiger partial charge in [0.05, 0.1) is 6.54 Å². The minimum absolute atomic E-state index is 0. The number of carbonyl (C=O) groups excluding carboxylic acids is 1. The molecule has 0 spiro atoms. The second-order valence-corrected chi connectivity index (χ2v) is 7.87. The molecule has 1 aromatic heterocycles. The molecule has 0 aliphatic carbocycles. The first-order valence-electron chi connectivity index (χ1n) is 9.83. The summed E-state index contributed by atoms with van der Waals surface area (Å²) in [5, 5.41) is 8.35. The third kappa shape index (κ3) is 6.83. The van der Waals surface area contributed by atoms with Crippen molar-refractivity contribution in [2.24, 2.45) is 4.99 Å². The van der Waals surface area contributed by atoms with Crippen LogP contribution >= 0.6 is 35.3 Å². The average molecular weight is 546 g/mol. The molecule has 1 aromatic carbocycles. The summed E-state index contributed by atoms with van der Waals surface area (Å²) in [6.07, 6.45) is 0.636. The third-order valence-electron chi connectivity index (χ3n) is 4.60. The summed E-state index contributed by atoms with van der Waals surface area (Å²) in [5.74, 6) is 0.380. The summed E-state index contributed by atoms with van der Waals surface area (Å²) in [4.78, 5) is 20.2. The molecule has 3 rings (SSSR count). The molecular formula is C21H28FIN4O2S. The van der Waals surface area contributed by atoms with Crippen LogP contribution < -0.4 is 15.4 Å². The summed E-state index contributed by atoms with van der Waals surface area (Å²) in [6, 6.07) is 8.41. The van der Waals surface area contributed by atoms with Gasteiger partial charge >= 0.3 is 0 Å². The fraction of sp³-hybridized carbons (Fsp3) is 0.429. The topological polar surface area (TPSA) is 66.0 Å². The zero-order valence-corrected chi connectivity index (χ0v) is 20.3. The SMILES string of the molecule is CCNC(=NCC(=O)N1CCc2sccc2C1)NCC(C)Oc1ccccc1F.I. The molecular weight excluding hydrogens is 518 g/mol. The van der Waals surface area contributed by atoms with Gasteiger partial charge in [0.15, 0.2) is 17.5 Å². The number of rotatable bonds is 7. The number of thiophene rings is 1. The number of ether oxygens (including phenoxy) is 1. The van der Waals surface area contributed by atoms with Gasteiger partial charge in [-0.1, -0.05) is 12.1 Å². The van der Waals surface area contributed by atoms with Crippen LogP contribution in [0, 0.1) is 5.82 Å². The molecule has 1 aliphatic rings. The minimum atomic E-state index is -0.388. The van der Waals surface area contributed by atoms with E-state index in [9.17, 15) is 9.18 Å². The highest BCUT2D eigenvalue weighted by molar-refractivity contribution is 14.0. The molecule has 9 heteroatoms. The fourth-order valence-electron chi connectivity index (χ4n) is 3.09. The second kappa shape index (κ2) is 12.1. The van der Waals surface area contributed by atoms with Crippen LogP contribution in [0.3, 0.4) is 0 Å². The van der Waals surface area contributed by atoms with E-state index >= 15 is 0 Å². The van der Waals surface area contributed by atoms with Crippen molar-refractivity contribution in [1.29, 1.82) is 0 Å². The lowest BCUT2D eigenvalue weighted by molar-refractivity contribution is -0.130. The van der Waals surface area contributed by atoms with Crippen LogP contribution in [0.25, 0.3) is 0 Å². The van der Waals surface area contributed by atoms with E-state index in [1.807, 2.05) is 18.7 Å². The van der Waals surface area contributed by atoms with Crippen molar-refractivity contribution < 1.29 is 13.9 Å². The molecule has 164 valence electrons. The first kappa shape index (κ1) is 24.4. The number of hydrogen-bond donors (Lipinski definition) is 2. The maximum Gasteiger partial charge on any atom is 0.244 e. The number of nitrogens with one attached hydrogen (secondary N) is 2. The summed E-state index contributed by atoms with van der Waals surface area (Å²) < 4.78 is 19.3. The Kier molecular flexibility index (Phi) is 9.83. The Bertz CT molecular complexity index is 861. The number of para-hydroxylation sites is 1. The van der Waals surface area contributed by atoms with E-state index < -0.39 is 0 Å². The van der Waals surface area contributed by atoms with Gasteiger partial charge in [-0.15, -0.1) is 35.3 Å². The summed E-state index contributed by atoms with van der Waals surface area (Å²) in [7, 11) is 0. The molecule has 1 atom stereocenters. The maximum atomic E-state index is 13.7. The highest BCUT2D eigenvalue weighted by atomic mass is 127. The predicted molar refractivity (Wildman–Crippen MR) is 129 cm³/mol. The van der Waals surface area contributed by atoms with Crippen LogP contribution in [-0.4, -0.2) is 49.0 Å². The van der Waals surface area contributed by atoms with Gasteiger partial charge in [-0.3, -0.25) is 4.79 Å². The average Bonchev–Trinajstić information content (AvgIpc) is 3.19. The molecule has 0 saturated heterocycles. The summed E-state index contributed by atoms with van der Waals surface area (Å²) in [6.45, 7) is 6.38. The van der Waals surface area contributed by atoms with Crippen molar-refractivity contribution in [3.8, 4) is 5.75 Å². The Hall–Kier alpha value is -1.88. The van der Waals surface area contributed by atoms with Gasteiger partial charge in [0, 0.05) is 24.5 Å². The molecule has 0 radical (unpaired) electrons. The van der Waals surface area contributed by atoms with Gasteiger partial charge < -0.3 is 20.3 Å². The van der Waals surface area contributed by atoms with Crippen LogP contribution in [0.1, 0.15) is 24.3 Å². The van der Waals surface area contributed by atoms with Gasteiger partial charge in [-0.2, -0.15) is 0 Å². The molecule has 1 unspecified atom stereocenters. The molecule has 1 aliphatic heterocycles. The number of halogens is 2. The minimum Gasteiger partial charge on any atom is -0.486 e. The molecule has 30 heavy (non-hydrogen) atoms. The normalized spacial score (nSPS) is 14.4. The monoisotopic (exact) mass is 546 g/mol. The first-order chi connectivity index (χ1) is 14.1. The number of amides is 1. The molecule has 0 saturated carbocycles. The Morgan fingerprint density at radius 1 is 1.33 bits per heavy atom. The maximum absolute atomic E-state index is 13.7. The van der Waals surface area contributed by atoms with Gasteiger partial charge in [0.1, 0.15) is 12.6 Å². The predicted octanol–water partition coefficient (Wildman–Crippen LogP) is 3.41. The Morgan fingerprint density at radius 2 is 2.13 bits per heavy atom. The van der Waals surface area contributed by atoms with Crippen LogP contribution in [-0.2, 0) is 17.8 Å². The number of guanidine groups is 1. The van der Waals surface area contributed by atoms with Gasteiger partial charge in [-0.05, 0) is 49.4 Å². The van der Waals surface area contributed by atoms with E-state index in [2.05, 4.69) is 27.1 Å². The van der Waals surface area contributed by atoms with Crippen molar-refractivity contribution in [3.63, 3.8) is 0 Å². The lowest BCUT2D eigenvalue weighted by Crippen LogP contribution is -2.43. The number of carbonyl (C=O) groups is 1. The van der Waals surface area contributed by atoms with E-state index in [-0.39, 0.29) is 54.1 Å². The quantitative estimate of drug-likeness (QED) is 0.318. The van der Waals surface area contributed by atoms with E-state index in [1.165, 1.54) is 16.5 Å². The Balaban J connectivity index is 0.00000320. The number of hydrogen-bond acceptors (Lipinski definition) is 4. The zero-order chi connectivity index (χ0) is 20.6. The Morgan fingerprint density at radius 3 is 2.90 bits per heavy atom. The first-order valence-corrected chi connectivity index (χ1v) is 10.7. The van der Waals surface area contributed by atoms with E-state index in [1.54, 1.807) is 29.5 Å². The van der Waals surface area contributed by atoms with Crippen LogP contribution in [0.2, 0.25) is 0 Å². The van der Waals surface area contributed by atoms with Crippen molar-refractivity contribution in [2.45, 2.75) is 32.9 Å². The number of aliphatic imine (C=N–C) groups is 1. The van der Waals surface area contributed by atoms with Gasteiger partial charge in [0.2, 0.25) is 5.91 Å². The van der Waals surface area contributed by atoms with Gasteiger partial charge in [0.25, 0.3) is 0 Å². The molecule has 2 aromatic rings. The Labute approximate surface area is 197 Å². The smallest absolute Gasteiger partial charge is 0.244 e. The molecule has 0 bridgehead atoms. The summed E-state index contributed by atoms with van der Waals surface area (Å²) in [5.41, 5.74) is 1.24. The lowest BCUT2D eigenvalue weighted by atomic mass is 10.1. The second-order valence-electron chi connectivity index (χ2n) is 6.87. The van der Waals surface area contributed by atoms with Crippen LogP contribution in [0.5, 0.6) is 5.75 Å². The number of fused-ring (bicyclic) bond motifs is 1. The van der Waals surface area contributed by atoms with Crippen molar-refractivity contribution in [1.82, 2.24) is 15.5 Å². The summed E-state index contributed by atoms with van der Waals surface area (Å²) >= 11 is 1.75. The molecule has 2 N–H and O–H groups in total. The highest BCUT2D eigenvalue weighted by Gasteiger charge is 2.21. The molecule has 6 nitrogen and oxygen atoms in total. The number of nitrogens with zero attached hydrogens (tertiary/aromatic N) is 2.